The third kappa shape index (κ3) is 71.5. The van der Waals surface area contributed by atoms with Crippen molar-refractivity contribution in [2.24, 2.45) is 0 Å². The first-order valence-electron chi connectivity index (χ1n) is 0.667. The number of hydrogen-bond donors (Lipinski definition) is 0. The number of rotatable bonds is 0. The third-order valence-corrected chi connectivity index (χ3v) is 0. The number of hydrogen-bond acceptors (Lipinski definition) is 4. The predicted octanol–water partition coefficient (Wildman–Crippen LogP) is -2.10. The molecule has 2 radical (unpaired) electrons. The molecule has 7 heteroatoms. The molecule has 0 aliphatic heterocycles. The molecule has 0 saturated heterocycles. The molecule has 0 heterocycles. The minimum Gasteiger partial charge on any atom is -0.759 e. The van der Waals surface area contributed by atoms with Crippen LogP contribution < -0.4 is 0 Å². The molecule has 0 atom stereocenters. The summed E-state index contributed by atoms with van der Waals surface area (Å²) in [6.45, 7) is 0. The standard InChI is InChI=1S/Bi.Ca.H2O4S/c;;1-5(2,3)4/h;;(H2,1,2,3,4)/q+3;+2;/p-2. The van der Waals surface area contributed by atoms with Crippen molar-refractivity contribution in [1.82, 2.24) is 0 Å². The summed E-state index contributed by atoms with van der Waals surface area (Å²) in [5, 5.41) is 0. The van der Waals surface area contributed by atoms with Crippen molar-refractivity contribution in [3.8, 4) is 0 Å². The smallest absolute Gasteiger partial charge is 0.759 e. The Hall–Kier alpha value is 2.01. The van der Waals surface area contributed by atoms with Gasteiger partial charge in [-0.05, 0) is 0 Å². The Morgan fingerprint density at radius 2 is 1.14 bits per heavy atom. The summed E-state index contributed by atoms with van der Waals surface area (Å²) in [6, 6.07) is 0. The van der Waals surface area contributed by atoms with E-state index < -0.39 is 10.4 Å². The molecule has 0 bridgehead atoms. The summed E-state index contributed by atoms with van der Waals surface area (Å²) < 4.78 is 34.1. The van der Waals surface area contributed by atoms with Crippen molar-refractivity contribution in [3.05, 3.63) is 0 Å². The van der Waals surface area contributed by atoms with Crippen LogP contribution in [0.15, 0.2) is 0 Å². The van der Waals surface area contributed by atoms with Crippen LogP contribution in [0.1, 0.15) is 0 Å². The average Bonchev–Trinajstić information content (AvgIpc) is 0.722. The zero-order chi connectivity index (χ0) is 4.50. The van der Waals surface area contributed by atoms with Crippen LogP contribution in [0.4, 0.5) is 0 Å². The summed E-state index contributed by atoms with van der Waals surface area (Å²) in [6.07, 6.45) is 0. The van der Waals surface area contributed by atoms with Gasteiger partial charge in [-0.3, -0.25) is 8.42 Å². The van der Waals surface area contributed by atoms with Crippen molar-refractivity contribution in [1.29, 1.82) is 0 Å². The van der Waals surface area contributed by atoms with Gasteiger partial charge >= 0.3 is 63.9 Å². The van der Waals surface area contributed by atoms with E-state index in [4.69, 9.17) is 17.5 Å². The molecule has 0 unspecified atom stereocenters. The third-order valence-electron chi connectivity index (χ3n) is 0. The van der Waals surface area contributed by atoms with Crippen LogP contribution in [0.25, 0.3) is 0 Å². The maximum absolute atomic E-state index is 8.52. The van der Waals surface area contributed by atoms with Gasteiger partial charge < -0.3 is 9.11 Å². The van der Waals surface area contributed by atoms with E-state index >= 15 is 0 Å². The van der Waals surface area contributed by atoms with Crippen LogP contribution in [0.5, 0.6) is 0 Å². The van der Waals surface area contributed by atoms with Crippen molar-refractivity contribution in [2.45, 2.75) is 0 Å². The molecule has 0 N–H and O–H groups in total. The van der Waals surface area contributed by atoms with Gasteiger partial charge in [0.1, 0.15) is 0 Å². The second-order valence-electron chi connectivity index (χ2n) is 0.408. The minimum atomic E-state index is -5.17. The molecule has 34 valence electrons. The summed E-state index contributed by atoms with van der Waals surface area (Å²) in [7, 11) is -5.17. The first-order valence-corrected chi connectivity index (χ1v) is 2.00. The Morgan fingerprint density at radius 3 is 1.14 bits per heavy atom. The van der Waals surface area contributed by atoms with E-state index in [9.17, 15) is 0 Å². The minimum absolute atomic E-state index is 0. The Bertz CT molecular complexity index is 94.9. The first-order chi connectivity index (χ1) is 2.00. The molecule has 0 rings (SSSR count). The van der Waals surface area contributed by atoms with Gasteiger partial charge in [-0.15, -0.1) is 0 Å². The molecular formula is BiCaO4S+3. The second kappa shape index (κ2) is 6.14. The van der Waals surface area contributed by atoms with E-state index in [0.717, 1.165) is 0 Å². The fourth-order valence-corrected chi connectivity index (χ4v) is 0. The Labute approximate surface area is 90.4 Å². The van der Waals surface area contributed by atoms with Crippen LogP contribution in [-0.2, 0) is 10.4 Å². The van der Waals surface area contributed by atoms with Gasteiger partial charge in [0, 0.05) is 10.4 Å². The molecule has 0 aliphatic carbocycles. The molecule has 7 heavy (non-hydrogen) atoms. The van der Waals surface area contributed by atoms with Gasteiger partial charge in [-0.2, -0.15) is 0 Å². The van der Waals surface area contributed by atoms with Crippen LogP contribution in [0, 0.1) is 0 Å². The van der Waals surface area contributed by atoms with Crippen LogP contribution in [0.2, 0.25) is 0 Å². The van der Waals surface area contributed by atoms with Gasteiger partial charge in [-0.25, -0.2) is 0 Å². The fourth-order valence-electron chi connectivity index (χ4n) is 0. The maximum Gasteiger partial charge on any atom is 3.00 e. The quantitative estimate of drug-likeness (QED) is 0.286. The van der Waals surface area contributed by atoms with Gasteiger partial charge in [0.25, 0.3) is 0 Å². The zero-order valence-electron chi connectivity index (χ0n) is 3.20. The summed E-state index contributed by atoms with van der Waals surface area (Å²) in [5.74, 6) is 0. The van der Waals surface area contributed by atoms with E-state index in [-0.39, 0.29) is 63.9 Å². The Morgan fingerprint density at radius 1 is 1.14 bits per heavy atom. The molecule has 0 aliphatic rings. The summed E-state index contributed by atoms with van der Waals surface area (Å²) >= 11 is 0. The SMILES string of the molecule is O=S(=O)([O-])[O-].[Bi+3].[Ca+2]. The van der Waals surface area contributed by atoms with Gasteiger partial charge in [0.15, 0.2) is 0 Å². The van der Waals surface area contributed by atoms with Crippen LogP contribution >= 0.6 is 0 Å². The van der Waals surface area contributed by atoms with E-state index in [1.165, 1.54) is 0 Å². The van der Waals surface area contributed by atoms with E-state index in [1.807, 2.05) is 0 Å². The van der Waals surface area contributed by atoms with Gasteiger partial charge in [0.05, 0.1) is 0 Å². The molecule has 0 saturated carbocycles. The zero-order valence-corrected chi connectivity index (χ0v) is 9.70. The van der Waals surface area contributed by atoms with Gasteiger partial charge in [0.2, 0.25) is 0 Å². The predicted molar refractivity (Wildman–Crippen MR) is 22.0 cm³/mol. The van der Waals surface area contributed by atoms with E-state index in [0.29, 0.717) is 0 Å². The molecule has 0 spiro atoms. The molecule has 0 aromatic heterocycles. The second-order valence-corrected chi connectivity index (χ2v) is 1.22. The fraction of sp³-hybridized carbons (Fsp3) is 0. The summed E-state index contributed by atoms with van der Waals surface area (Å²) in [4.78, 5) is 0. The van der Waals surface area contributed by atoms with Crippen molar-refractivity contribution >= 4 is 74.3 Å². The molecule has 4 nitrogen and oxygen atoms in total. The molecule has 0 aromatic carbocycles. The maximum atomic E-state index is 8.52. The molecule has 0 aromatic rings. The van der Waals surface area contributed by atoms with E-state index in [1.54, 1.807) is 0 Å². The van der Waals surface area contributed by atoms with Crippen LogP contribution in [-0.4, -0.2) is 81.5 Å². The van der Waals surface area contributed by atoms with Crippen molar-refractivity contribution in [2.75, 3.05) is 0 Å². The molecule has 0 amide bonds. The van der Waals surface area contributed by atoms with Crippen LogP contribution in [0.3, 0.4) is 0 Å². The topological polar surface area (TPSA) is 80.3 Å². The molecule has 0 fully saturated rings. The summed E-state index contributed by atoms with van der Waals surface area (Å²) in [5.41, 5.74) is 0. The largest absolute Gasteiger partial charge is 3.00 e. The first kappa shape index (κ1) is 16.0. The Balaban J connectivity index is -0.0000000800. The Kier molecular flexibility index (Phi) is 14.0. The monoisotopic (exact) mass is 345 g/mol. The molecular weight excluding hydrogens is 345 g/mol. The van der Waals surface area contributed by atoms with E-state index in [2.05, 4.69) is 0 Å². The normalized spacial score (nSPS) is 8.29. The average molecular weight is 345 g/mol. The van der Waals surface area contributed by atoms with Gasteiger partial charge in [-0.1, -0.05) is 0 Å². The van der Waals surface area contributed by atoms with Crippen molar-refractivity contribution in [3.63, 3.8) is 0 Å². The van der Waals surface area contributed by atoms with Crippen molar-refractivity contribution < 1.29 is 17.5 Å².